The molecule has 2 heterocycles. The Bertz CT molecular complexity index is 1110. The van der Waals surface area contributed by atoms with Gasteiger partial charge in [-0.25, -0.2) is 14.3 Å². The Hall–Kier alpha value is -3.74. The lowest BCUT2D eigenvalue weighted by atomic mass is 10.1. The van der Waals surface area contributed by atoms with Gasteiger partial charge in [-0.3, -0.25) is 4.79 Å². The molecule has 0 aliphatic carbocycles. The van der Waals surface area contributed by atoms with Crippen molar-refractivity contribution in [2.75, 3.05) is 5.32 Å². The normalized spacial score (nSPS) is 11.5. The van der Waals surface area contributed by atoms with Crippen LogP contribution in [-0.2, 0) is 5.54 Å². The first kappa shape index (κ1) is 19.6. The Kier molecular flexibility index (Phi) is 4.95. The van der Waals surface area contributed by atoms with Crippen molar-refractivity contribution in [3.8, 4) is 17.1 Å². The molecule has 0 bridgehead atoms. The number of rotatable bonds is 4. The van der Waals surface area contributed by atoms with Crippen molar-refractivity contribution in [2.24, 2.45) is 0 Å². The molecule has 152 valence electrons. The molecule has 0 aliphatic heterocycles. The average molecular weight is 400 g/mol. The Morgan fingerprint density at radius 2 is 1.57 bits per heavy atom. The van der Waals surface area contributed by atoms with Gasteiger partial charge in [0, 0.05) is 11.6 Å². The van der Waals surface area contributed by atoms with E-state index in [-0.39, 0.29) is 17.3 Å². The average Bonchev–Trinajstić information content (AvgIpc) is 3.33. The van der Waals surface area contributed by atoms with Crippen molar-refractivity contribution in [1.82, 2.24) is 24.5 Å². The third kappa shape index (κ3) is 3.87. The third-order valence-corrected chi connectivity index (χ3v) is 4.55. The molecule has 0 unspecified atom stereocenters. The first-order valence-electron chi connectivity index (χ1n) is 9.79. The van der Waals surface area contributed by atoms with Crippen molar-refractivity contribution in [3.05, 3.63) is 78.2 Å². The number of amides is 1. The molecule has 0 atom stereocenters. The van der Waals surface area contributed by atoms with E-state index in [9.17, 15) is 4.79 Å². The van der Waals surface area contributed by atoms with Gasteiger partial charge in [-0.2, -0.15) is 5.10 Å². The number of carbonyl (C=O) groups is 1. The van der Waals surface area contributed by atoms with Crippen molar-refractivity contribution in [3.63, 3.8) is 0 Å². The van der Waals surface area contributed by atoms with Crippen LogP contribution in [0.3, 0.4) is 0 Å². The summed E-state index contributed by atoms with van der Waals surface area (Å²) < 4.78 is 3.49. The predicted molar refractivity (Wildman–Crippen MR) is 117 cm³/mol. The van der Waals surface area contributed by atoms with Gasteiger partial charge in [0.1, 0.15) is 5.82 Å². The van der Waals surface area contributed by atoms with E-state index in [4.69, 9.17) is 0 Å². The molecule has 0 spiro atoms. The maximum Gasteiger partial charge on any atom is 0.296 e. The van der Waals surface area contributed by atoms with Gasteiger partial charge in [-0.1, -0.05) is 48.5 Å². The zero-order chi connectivity index (χ0) is 21.3. The smallest absolute Gasteiger partial charge is 0.296 e. The summed E-state index contributed by atoms with van der Waals surface area (Å²) in [5, 5.41) is 11.9. The van der Waals surface area contributed by atoms with Crippen molar-refractivity contribution < 1.29 is 4.79 Å². The van der Waals surface area contributed by atoms with Crippen LogP contribution < -0.4 is 5.32 Å². The number of nitrogens with one attached hydrogen (secondary N) is 1. The summed E-state index contributed by atoms with van der Waals surface area (Å²) in [6, 6.07) is 21.2. The molecule has 0 fully saturated rings. The fourth-order valence-electron chi connectivity index (χ4n) is 3.20. The Morgan fingerprint density at radius 1 is 0.933 bits per heavy atom. The molecule has 2 aromatic carbocycles. The van der Waals surface area contributed by atoms with Crippen LogP contribution in [0.5, 0.6) is 0 Å². The maximum absolute atomic E-state index is 13.0. The number of anilines is 1. The Labute approximate surface area is 175 Å². The molecule has 0 saturated carbocycles. The summed E-state index contributed by atoms with van der Waals surface area (Å²) >= 11 is 0. The van der Waals surface area contributed by atoms with Crippen LogP contribution in [-0.4, -0.2) is 30.5 Å². The molecule has 7 nitrogen and oxygen atoms in total. The van der Waals surface area contributed by atoms with Gasteiger partial charge >= 0.3 is 0 Å². The van der Waals surface area contributed by atoms with Gasteiger partial charge in [0.05, 0.1) is 16.9 Å². The van der Waals surface area contributed by atoms with Gasteiger partial charge in [0.15, 0.2) is 5.82 Å². The maximum atomic E-state index is 13.0. The molecule has 4 aromatic rings. The molecule has 30 heavy (non-hydrogen) atoms. The quantitative estimate of drug-likeness (QED) is 0.549. The fraction of sp³-hybridized carbons (Fsp3) is 0.217. The second-order valence-electron chi connectivity index (χ2n) is 8.08. The largest absolute Gasteiger partial charge is 0.304 e. The SMILES string of the molecule is Cc1cc(NC(=O)c2nc(-c3ccccc3)n(-c3ccccc3)n2)n(C(C)(C)C)n1. The minimum atomic E-state index is -0.382. The molecule has 4 rings (SSSR count). The molecule has 0 radical (unpaired) electrons. The first-order chi connectivity index (χ1) is 14.3. The second kappa shape index (κ2) is 7.59. The summed E-state index contributed by atoms with van der Waals surface area (Å²) in [6.07, 6.45) is 0. The van der Waals surface area contributed by atoms with E-state index in [2.05, 4.69) is 20.5 Å². The highest BCUT2D eigenvalue weighted by atomic mass is 16.2. The number of aromatic nitrogens is 5. The summed E-state index contributed by atoms with van der Waals surface area (Å²) in [7, 11) is 0. The van der Waals surface area contributed by atoms with Crippen molar-refractivity contribution in [2.45, 2.75) is 33.2 Å². The molecule has 0 aliphatic rings. The molecule has 1 amide bonds. The lowest BCUT2D eigenvalue weighted by Gasteiger charge is -2.22. The molecule has 0 saturated heterocycles. The molecular formula is C23H24N6O. The zero-order valence-corrected chi connectivity index (χ0v) is 17.5. The third-order valence-electron chi connectivity index (χ3n) is 4.55. The monoisotopic (exact) mass is 400 g/mol. The Morgan fingerprint density at radius 3 is 2.20 bits per heavy atom. The van der Waals surface area contributed by atoms with Crippen LogP contribution in [0.4, 0.5) is 5.82 Å². The van der Waals surface area contributed by atoms with Crippen LogP contribution in [0, 0.1) is 6.92 Å². The number of aryl methyl sites for hydroxylation is 1. The molecule has 7 heteroatoms. The van der Waals surface area contributed by atoms with E-state index in [1.165, 1.54) is 0 Å². The van der Waals surface area contributed by atoms with E-state index in [0.717, 1.165) is 16.9 Å². The highest BCUT2D eigenvalue weighted by Gasteiger charge is 2.23. The highest BCUT2D eigenvalue weighted by Crippen LogP contribution is 2.23. The zero-order valence-electron chi connectivity index (χ0n) is 17.5. The Balaban J connectivity index is 1.74. The number of hydrogen-bond acceptors (Lipinski definition) is 4. The summed E-state index contributed by atoms with van der Waals surface area (Å²) in [4.78, 5) is 17.6. The topological polar surface area (TPSA) is 77.6 Å². The lowest BCUT2D eigenvalue weighted by Crippen LogP contribution is -2.27. The number of nitrogens with zero attached hydrogens (tertiary/aromatic N) is 5. The highest BCUT2D eigenvalue weighted by molar-refractivity contribution is 6.01. The van der Waals surface area contributed by atoms with E-state index in [0.29, 0.717) is 11.6 Å². The molecular weight excluding hydrogens is 376 g/mol. The van der Waals surface area contributed by atoms with E-state index < -0.39 is 0 Å². The summed E-state index contributed by atoms with van der Waals surface area (Å²) in [5.74, 6) is 0.930. The van der Waals surface area contributed by atoms with Gasteiger partial charge in [-0.05, 0) is 39.8 Å². The van der Waals surface area contributed by atoms with Crippen molar-refractivity contribution in [1.29, 1.82) is 0 Å². The van der Waals surface area contributed by atoms with Crippen LogP contribution >= 0.6 is 0 Å². The minimum absolute atomic E-state index is 0.0945. The number of carbonyl (C=O) groups excluding carboxylic acids is 1. The standard InChI is InChI=1S/C23H24N6O/c1-16-15-19(29(26-16)23(2,3)4)24-22(30)20-25-21(17-11-7-5-8-12-17)28(27-20)18-13-9-6-10-14-18/h5-15H,1-4H3,(H,24,30). The number of benzene rings is 2. The van der Waals surface area contributed by atoms with Gasteiger partial charge < -0.3 is 5.32 Å². The summed E-state index contributed by atoms with van der Waals surface area (Å²) in [5.41, 5.74) is 2.26. The van der Waals surface area contributed by atoms with Gasteiger partial charge in [-0.15, -0.1) is 5.10 Å². The second-order valence-corrected chi connectivity index (χ2v) is 8.08. The lowest BCUT2D eigenvalue weighted by molar-refractivity contribution is 0.101. The predicted octanol–water partition coefficient (Wildman–Crippen LogP) is 4.45. The van der Waals surface area contributed by atoms with Gasteiger partial charge in [0.25, 0.3) is 5.91 Å². The van der Waals surface area contributed by atoms with Crippen molar-refractivity contribution >= 4 is 11.7 Å². The van der Waals surface area contributed by atoms with Crippen LogP contribution in [0.25, 0.3) is 17.1 Å². The fourth-order valence-corrected chi connectivity index (χ4v) is 3.20. The van der Waals surface area contributed by atoms with E-state index >= 15 is 0 Å². The van der Waals surface area contributed by atoms with E-state index in [1.807, 2.05) is 94.4 Å². The number of para-hydroxylation sites is 1. The number of hydrogen-bond donors (Lipinski definition) is 1. The van der Waals surface area contributed by atoms with Crippen LogP contribution in [0.2, 0.25) is 0 Å². The van der Waals surface area contributed by atoms with Crippen LogP contribution in [0.1, 0.15) is 37.1 Å². The first-order valence-corrected chi connectivity index (χ1v) is 9.79. The van der Waals surface area contributed by atoms with Gasteiger partial charge in [0.2, 0.25) is 5.82 Å². The molecule has 1 N–H and O–H groups in total. The minimum Gasteiger partial charge on any atom is -0.304 e. The molecule has 2 aromatic heterocycles. The summed E-state index contributed by atoms with van der Waals surface area (Å²) in [6.45, 7) is 7.99. The van der Waals surface area contributed by atoms with E-state index in [1.54, 1.807) is 9.36 Å². The van der Waals surface area contributed by atoms with Crippen LogP contribution in [0.15, 0.2) is 66.7 Å².